The average Bonchev–Trinajstić information content (AvgIpc) is 3.21. The first-order valence-electron chi connectivity index (χ1n) is 7.18. The normalized spacial score (nSPS) is 20.4. The molecule has 3 nitrogen and oxygen atoms in total. The summed E-state index contributed by atoms with van der Waals surface area (Å²) in [5.74, 6) is 1.11. The van der Waals surface area contributed by atoms with Crippen molar-refractivity contribution in [3.8, 4) is 0 Å². The first kappa shape index (κ1) is 12.9. The van der Waals surface area contributed by atoms with Crippen LogP contribution in [0.1, 0.15) is 52.4 Å². The van der Waals surface area contributed by atoms with E-state index in [4.69, 9.17) is 5.73 Å². The largest absolute Gasteiger partial charge is 0.339 e. The van der Waals surface area contributed by atoms with Gasteiger partial charge in [-0.25, -0.2) is 0 Å². The van der Waals surface area contributed by atoms with Crippen LogP contribution in [-0.4, -0.2) is 29.9 Å². The molecule has 0 saturated heterocycles. The monoisotopic (exact) mass is 238 g/mol. The number of nitrogens with two attached hydrogens (primary N) is 1. The lowest BCUT2D eigenvalue weighted by Crippen LogP contribution is -2.49. The van der Waals surface area contributed by atoms with Crippen LogP contribution >= 0.6 is 0 Å². The zero-order valence-corrected chi connectivity index (χ0v) is 11.2. The molecule has 0 aromatic heterocycles. The Labute approximate surface area is 105 Å². The molecule has 0 atom stereocenters. The van der Waals surface area contributed by atoms with Gasteiger partial charge >= 0.3 is 0 Å². The molecule has 2 aliphatic carbocycles. The number of hydrogen-bond acceptors (Lipinski definition) is 2. The van der Waals surface area contributed by atoms with Crippen molar-refractivity contribution in [3.05, 3.63) is 0 Å². The van der Waals surface area contributed by atoms with Gasteiger partial charge in [-0.3, -0.25) is 4.79 Å². The molecule has 2 aliphatic rings. The van der Waals surface area contributed by atoms with Crippen molar-refractivity contribution in [3.63, 3.8) is 0 Å². The minimum atomic E-state index is -0.294. The molecular formula is C14H26N2O. The molecule has 0 unspecified atom stereocenters. The van der Waals surface area contributed by atoms with Crippen LogP contribution in [0.4, 0.5) is 0 Å². The van der Waals surface area contributed by atoms with Crippen LogP contribution in [0.2, 0.25) is 0 Å². The van der Waals surface area contributed by atoms with Gasteiger partial charge < -0.3 is 10.6 Å². The standard InChI is InChI=1S/C14H26N2O/c1-3-14(4-2,10-15)13(17)16(12-7-8-12)9-11-5-6-11/h11-12H,3-10,15H2,1-2H3. The maximum atomic E-state index is 12.7. The first-order valence-corrected chi connectivity index (χ1v) is 7.18. The van der Waals surface area contributed by atoms with Gasteiger partial charge in [-0.05, 0) is 44.4 Å². The van der Waals surface area contributed by atoms with E-state index in [1.54, 1.807) is 0 Å². The van der Waals surface area contributed by atoms with Crippen LogP contribution in [0.5, 0.6) is 0 Å². The third kappa shape index (κ3) is 2.65. The van der Waals surface area contributed by atoms with E-state index in [1.165, 1.54) is 25.7 Å². The second-order valence-corrected chi connectivity index (χ2v) is 5.82. The van der Waals surface area contributed by atoms with E-state index in [0.29, 0.717) is 18.5 Å². The van der Waals surface area contributed by atoms with Crippen LogP contribution < -0.4 is 5.73 Å². The molecule has 2 fully saturated rings. The Hall–Kier alpha value is -0.570. The van der Waals surface area contributed by atoms with Gasteiger partial charge in [-0.2, -0.15) is 0 Å². The highest BCUT2D eigenvalue weighted by Gasteiger charge is 2.43. The SMILES string of the molecule is CCC(CC)(CN)C(=O)N(CC1CC1)C1CC1. The number of hydrogen-bond donors (Lipinski definition) is 1. The third-order valence-corrected chi connectivity index (χ3v) is 4.60. The van der Waals surface area contributed by atoms with Crippen molar-refractivity contribution in [1.82, 2.24) is 4.90 Å². The van der Waals surface area contributed by atoms with Gasteiger partial charge in [-0.15, -0.1) is 0 Å². The molecule has 0 spiro atoms. The van der Waals surface area contributed by atoms with E-state index in [0.717, 1.165) is 25.3 Å². The highest BCUT2D eigenvalue weighted by atomic mass is 16.2. The lowest BCUT2D eigenvalue weighted by Gasteiger charge is -2.35. The van der Waals surface area contributed by atoms with Gasteiger partial charge in [0, 0.05) is 19.1 Å². The number of nitrogens with zero attached hydrogens (tertiary/aromatic N) is 1. The van der Waals surface area contributed by atoms with Crippen LogP contribution in [-0.2, 0) is 4.79 Å². The van der Waals surface area contributed by atoms with E-state index < -0.39 is 0 Å². The number of carbonyl (C=O) groups excluding carboxylic acids is 1. The van der Waals surface area contributed by atoms with E-state index in [1.807, 2.05) is 0 Å². The van der Waals surface area contributed by atoms with Crippen LogP contribution in [0, 0.1) is 11.3 Å². The van der Waals surface area contributed by atoms with Crippen molar-refractivity contribution >= 4 is 5.91 Å². The van der Waals surface area contributed by atoms with Crippen molar-refractivity contribution in [2.45, 2.75) is 58.4 Å². The van der Waals surface area contributed by atoms with Crippen molar-refractivity contribution in [2.24, 2.45) is 17.1 Å². The van der Waals surface area contributed by atoms with E-state index in [2.05, 4.69) is 18.7 Å². The predicted octanol–water partition coefficient (Wildman–Crippen LogP) is 2.15. The molecule has 1 amide bonds. The van der Waals surface area contributed by atoms with Gasteiger partial charge in [0.2, 0.25) is 5.91 Å². The van der Waals surface area contributed by atoms with Gasteiger partial charge in [0.25, 0.3) is 0 Å². The summed E-state index contributed by atoms with van der Waals surface area (Å²) in [6.07, 6.45) is 6.76. The highest BCUT2D eigenvalue weighted by molar-refractivity contribution is 5.83. The summed E-state index contributed by atoms with van der Waals surface area (Å²) in [5, 5.41) is 0. The summed E-state index contributed by atoms with van der Waals surface area (Å²) in [5.41, 5.74) is 5.59. The number of rotatable bonds is 7. The van der Waals surface area contributed by atoms with Crippen molar-refractivity contribution in [1.29, 1.82) is 0 Å². The Bertz CT molecular complexity index is 270. The number of amides is 1. The number of carbonyl (C=O) groups is 1. The third-order valence-electron chi connectivity index (χ3n) is 4.60. The molecule has 0 aromatic rings. The maximum Gasteiger partial charge on any atom is 0.230 e. The summed E-state index contributed by atoms with van der Waals surface area (Å²) >= 11 is 0. The molecule has 0 aromatic carbocycles. The fourth-order valence-corrected chi connectivity index (χ4v) is 2.60. The summed E-state index contributed by atoms with van der Waals surface area (Å²) < 4.78 is 0. The van der Waals surface area contributed by atoms with Crippen molar-refractivity contribution in [2.75, 3.05) is 13.1 Å². The molecule has 0 aliphatic heterocycles. The Morgan fingerprint density at radius 2 is 1.82 bits per heavy atom. The lowest BCUT2D eigenvalue weighted by atomic mass is 9.80. The smallest absolute Gasteiger partial charge is 0.230 e. The topological polar surface area (TPSA) is 46.3 Å². The molecular weight excluding hydrogens is 212 g/mol. The van der Waals surface area contributed by atoms with Gasteiger partial charge in [-0.1, -0.05) is 13.8 Å². The average molecular weight is 238 g/mol. The Morgan fingerprint density at radius 3 is 2.18 bits per heavy atom. The predicted molar refractivity (Wildman–Crippen MR) is 69.5 cm³/mol. The molecule has 0 heterocycles. The molecule has 3 heteroatoms. The zero-order valence-electron chi connectivity index (χ0n) is 11.2. The molecule has 17 heavy (non-hydrogen) atoms. The van der Waals surface area contributed by atoms with Crippen LogP contribution in [0.15, 0.2) is 0 Å². The Morgan fingerprint density at radius 1 is 1.24 bits per heavy atom. The summed E-state index contributed by atoms with van der Waals surface area (Å²) in [4.78, 5) is 14.9. The fraction of sp³-hybridized carbons (Fsp3) is 0.929. The summed E-state index contributed by atoms with van der Waals surface area (Å²) in [6, 6.07) is 0.534. The minimum Gasteiger partial charge on any atom is -0.339 e. The quantitative estimate of drug-likeness (QED) is 0.738. The second kappa shape index (κ2) is 4.97. The molecule has 0 radical (unpaired) electrons. The van der Waals surface area contributed by atoms with Crippen molar-refractivity contribution < 1.29 is 4.79 Å². The van der Waals surface area contributed by atoms with E-state index in [-0.39, 0.29) is 5.41 Å². The van der Waals surface area contributed by atoms with Gasteiger partial charge in [0.15, 0.2) is 0 Å². The Balaban J connectivity index is 2.07. The van der Waals surface area contributed by atoms with Crippen LogP contribution in [0.3, 0.4) is 0 Å². The molecule has 2 saturated carbocycles. The zero-order chi connectivity index (χ0) is 12.5. The molecule has 0 bridgehead atoms. The maximum absolute atomic E-state index is 12.7. The van der Waals surface area contributed by atoms with Crippen LogP contribution in [0.25, 0.3) is 0 Å². The Kier molecular flexibility index (Phi) is 3.76. The van der Waals surface area contributed by atoms with E-state index >= 15 is 0 Å². The summed E-state index contributed by atoms with van der Waals surface area (Å²) in [6.45, 7) is 5.67. The fourth-order valence-electron chi connectivity index (χ4n) is 2.60. The van der Waals surface area contributed by atoms with E-state index in [9.17, 15) is 4.79 Å². The lowest BCUT2D eigenvalue weighted by molar-refractivity contribution is -0.143. The van der Waals surface area contributed by atoms with Gasteiger partial charge in [0.05, 0.1) is 5.41 Å². The molecule has 2 rings (SSSR count). The highest BCUT2D eigenvalue weighted by Crippen LogP contribution is 2.38. The minimum absolute atomic E-state index is 0.294. The first-order chi connectivity index (χ1) is 8.16. The summed E-state index contributed by atoms with van der Waals surface area (Å²) in [7, 11) is 0. The molecule has 98 valence electrons. The van der Waals surface area contributed by atoms with Gasteiger partial charge in [0.1, 0.15) is 0 Å². The molecule has 2 N–H and O–H groups in total. The second-order valence-electron chi connectivity index (χ2n) is 5.82.